The number of nitrogens with one attached hydrogen (secondary N) is 1. The Morgan fingerprint density at radius 3 is 2.55 bits per heavy atom. The average Bonchev–Trinajstić information content (AvgIpc) is 2.85. The average molecular weight is 293 g/mol. The quantitative estimate of drug-likeness (QED) is 0.903. The van der Waals surface area contributed by atoms with Gasteiger partial charge in [0.15, 0.2) is 4.96 Å². The van der Waals surface area contributed by atoms with Crippen LogP contribution in [0.15, 0.2) is 17.8 Å². The number of hydrogen-bond acceptors (Lipinski definition) is 3. The Labute approximate surface area is 126 Å². The van der Waals surface area contributed by atoms with Gasteiger partial charge in [-0.15, -0.1) is 11.3 Å². The topological polar surface area (TPSA) is 29.3 Å². The van der Waals surface area contributed by atoms with E-state index in [1.54, 1.807) is 11.3 Å². The molecule has 0 aromatic carbocycles. The van der Waals surface area contributed by atoms with Gasteiger partial charge in [-0.05, 0) is 38.5 Å². The van der Waals surface area contributed by atoms with Gasteiger partial charge < -0.3 is 5.32 Å². The first-order valence-corrected chi connectivity index (χ1v) is 8.24. The van der Waals surface area contributed by atoms with Gasteiger partial charge >= 0.3 is 0 Å². The highest BCUT2D eigenvalue weighted by atomic mass is 32.1. The maximum absolute atomic E-state index is 4.74. The van der Waals surface area contributed by atoms with Gasteiger partial charge in [0, 0.05) is 29.9 Å². The molecular formula is C16H27N3S. The second-order valence-corrected chi connectivity index (χ2v) is 8.29. The molecular weight excluding hydrogens is 266 g/mol. The maximum atomic E-state index is 4.74. The molecule has 0 bridgehead atoms. The number of rotatable bonds is 5. The zero-order valence-corrected chi connectivity index (χ0v) is 14.3. The Kier molecular flexibility index (Phi) is 4.26. The Bertz CT molecular complexity index is 533. The lowest BCUT2D eigenvalue weighted by Gasteiger charge is -2.36. The van der Waals surface area contributed by atoms with Gasteiger partial charge in [-0.3, -0.25) is 4.40 Å². The largest absolute Gasteiger partial charge is 0.312 e. The van der Waals surface area contributed by atoms with Gasteiger partial charge in [0.1, 0.15) is 0 Å². The molecule has 1 N–H and O–H groups in total. The first-order chi connectivity index (χ1) is 9.20. The molecule has 0 aliphatic carbocycles. The van der Waals surface area contributed by atoms with E-state index in [0.29, 0.717) is 5.92 Å². The molecule has 0 radical (unpaired) electrons. The van der Waals surface area contributed by atoms with Crippen LogP contribution in [0.5, 0.6) is 0 Å². The Morgan fingerprint density at radius 2 is 2.00 bits per heavy atom. The molecule has 2 aromatic rings. The second kappa shape index (κ2) is 5.49. The number of imidazole rings is 1. The van der Waals surface area contributed by atoms with Gasteiger partial charge in [-0.1, -0.05) is 20.8 Å². The molecule has 20 heavy (non-hydrogen) atoms. The molecule has 4 heteroatoms. The summed E-state index contributed by atoms with van der Waals surface area (Å²) in [6.07, 6.45) is 5.27. The van der Waals surface area contributed by atoms with Crippen LogP contribution in [-0.2, 0) is 6.42 Å². The van der Waals surface area contributed by atoms with Crippen molar-refractivity contribution in [2.45, 2.75) is 53.5 Å². The highest BCUT2D eigenvalue weighted by Crippen LogP contribution is 2.31. The first kappa shape index (κ1) is 15.5. The van der Waals surface area contributed by atoms with Crippen LogP contribution < -0.4 is 5.32 Å². The highest BCUT2D eigenvalue weighted by molar-refractivity contribution is 7.15. The summed E-state index contributed by atoms with van der Waals surface area (Å²) in [6.45, 7) is 14.7. The zero-order chi connectivity index (χ0) is 15.0. The Balaban J connectivity index is 2.13. The van der Waals surface area contributed by atoms with Crippen LogP contribution in [0.25, 0.3) is 4.96 Å². The van der Waals surface area contributed by atoms with Crippen molar-refractivity contribution in [2.24, 2.45) is 11.3 Å². The molecule has 0 saturated heterocycles. The molecule has 0 aliphatic heterocycles. The monoisotopic (exact) mass is 293 g/mol. The Hall–Kier alpha value is -0.870. The minimum Gasteiger partial charge on any atom is -0.312 e. The number of nitrogens with zero attached hydrogens (tertiary/aromatic N) is 2. The SMILES string of the molecule is CC(C)C(C)(CNC(C)(C)C)Cc1cn2ccsc2n1. The predicted octanol–water partition coefficient (Wildman–Crippen LogP) is 3.99. The van der Waals surface area contributed by atoms with Crippen molar-refractivity contribution in [1.29, 1.82) is 0 Å². The van der Waals surface area contributed by atoms with Crippen molar-refractivity contribution >= 4 is 16.3 Å². The fraction of sp³-hybridized carbons (Fsp3) is 0.688. The third-order valence-corrected chi connectivity index (χ3v) is 4.92. The molecule has 0 amide bonds. The summed E-state index contributed by atoms with van der Waals surface area (Å²) in [4.78, 5) is 5.83. The predicted molar refractivity (Wildman–Crippen MR) is 87.5 cm³/mol. The van der Waals surface area contributed by atoms with Crippen LogP contribution in [0.3, 0.4) is 0 Å². The minimum absolute atomic E-state index is 0.157. The fourth-order valence-corrected chi connectivity index (χ4v) is 2.93. The molecule has 3 nitrogen and oxygen atoms in total. The molecule has 2 rings (SSSR count). The molecule has 2 aromatic heterocycles. The lowest BCUT2D eigenvalue weighted by atomic mass is 9.75. The molecule has 2 heterocycles. The van der Waals surface area contributed by atoms with E-state index < -0.39 is 0 Å². The third-order valence-electron chi connectivity index (χ3n) is 4.14. The number of fused-ring (bicyclic) bond motifs is 1. The van der Waals surface area contributed by atoms with Crippen molar-refractivity contribution in [3.63, 3.8) is 0 Å². The summed E-state index contributed by atoms with van der Waals surface area (Å²) in [7, 11) is 0. The minimum atomic E-state index is 0.157. The van der Waals surface area contributed by atoms with Gasteiger partial charge in [0.2, 0.25) is 0 Å². The smallest absolute Gasteiger partial charge is 0.193 e. The molecule has 0 saturated carbocycles. The molecule has 1 unspecified atom stereocenters. The van der Waals surface area contributed by atoms with Crippen molar-refractivity contribution in [3.05, 3.63) is 23.5 Å². The van der Waals surface area contributed by atoms with Crippen LogP contribution in [-0.4, -0.2) is 21.5 Å². The second-order valence-electron chi connectivity index (χ2n) is 7.41. The van der Waals surface area contributed by atoms with E-state index >= 15 is 0 Å². The maximum Gasteiger partial charge on any atom is 0.193 e. The van der Waals surface area contributed by atoms with Crippen LogP contribution in [0.1, 0.15) is 47.2 Å². The van der Waals surface area contributed by atoms with Crippen molar-refractivity contribution in [2.75, 3.05) is 6.54 Å². The van der Waals surface area contributed by atoms with Crippen molar-refractivity contribution < 1.29 is 0 Å². The van der Waals surface area contributed by atoms with E-state index in [1.165, 1.54) is 5.69 Å². The molecule has 1 atom stereocenters. The van der Waals surface area contributed by atoms with E-state index in [4.69, 9.17) is 4.98 Å². The summed E-state index contributed by atoms with van der Waals surface area (Å²) in [6, 6.07) is 0. The van der Waals surface area contributed by atoms with Crippen molar-refractivity contribution in [1.82, 2.24) is 14.7 Å². The number of aromatic nitrogens is 2. The summed E-state index contributed by atoms with van der Waals surface area (Å²) in [5.74, 6) is 0.608. The summed E-state index contributed by atoms with van der Waals surface area (Å²) < 4.78 is 2.12. The van der Waals surface area contributed by atoms with E-state index in [1.807, 2.05) is 0 Å². The first-order valence-electron chi connectivity index (χ1n) is 7.36. The van der Waals surface area contributed by atoms with Gasteiger partial charge in [-0.25, -0.2) is 4.98 Å². The third kappa shape index (κ3) is 3.61. The lowest BCUT2D eigenvalue weighted by Crippen LogP contribution is -2.45. The number of hydrogen-bond donors (Lipinski definition) is 1. The fourth-order valence-electron chi connectivity index (χ4n) is 2.21. The summed E-state index contributed by atoms with van der Waals surface area (Å²) in [5, 5.41) is 5.74. The van der Waals surface area contributed by atoms with Crippen molar-refractivity contribution in [3.8, 4) is 0 Å². The summed E-state index contributed by atoms with van der Waals surface area (Å²) >= 11 is 1.70. The Morgan fingerprint density at radius 1 is 1.30 bits per heavy atom. The van der Waals surface area contributed by atoms with Crippen LogP contribution in [0, 0.1) is 11.3 Å². The normalized spacial score (nSPS) is 15.9. The van der Waals surface area contributed by atoms with Gasteiger partial charge in [-0.2, -0.15) is 0 Å². The lowest BCUT2D eigenvalue weighted by molar-refractivity contribution is 0.186. The van der Waals surface area contributed by atoms with Gasteiger partial charge in [0.25, 0.3) is 0 Å². The van der Waals surface area contributed by atoms with Crippen LogP contribution >= 0.6 is 11.3 Å². The van der Waals surface area contributed by atoms with E-state index in [-0.39, 0.29) is 11.0 Å². The van der Waals surface area contributed by atoms with Crippen LogP contribution in [0.2, 0.25) is 0 Å². The molecule has 0 spiro atoms. The van der Waals surface area contributed by atoms with E-state index in [2.05, 4.69) is 69.0 Å². The number of thiazole rings is 1. The van der Waals surface area contributed by atoms with Gasteiger partial charge in [0.05, 0.1) is 5.69 Å². The molecule has 0 fully saturated rings. The van der Waals surface area contributed by atoms with E-state index in [0.717, 1.165) is 17.9 Å². The molecule has 0 aliphatic rings. The zero-order valence-electron chi connectivity index (χ0n) is 13.5. The van der Waals surface area contributed by atoms with E-state index in [9.17, 15) is 0 Å². The molecule has 112 valence electrons. The highest BCUT2D eigenvalue weighted by Gasteiger charge is 2.31. The van der Waals surface area contributed by atoms with Crippen LogP contribution in [0.4, 0.5) is 0 Å². The summed E-state index contributed by atoms with van der Waals surface area (Å²) in [5.41, 5.74) is 1.57. The standard InChI is InChI=1S/C16H27N3S/c1-12(2)16(6,11-17-15(3,4)5)9-13-10-19-7-8-20-14(19)18-13/h7-8,10,12,17H,9,11H2,1-6H3.